The fourth-order valence-electron chi connectivity index (χ4n) is 1.56. The number of aromatic nitrogens is 1. The number of amides is 1. The third kappa shape index (κ3) is 2.69. The van der Waals surface area contributed by atoms with Crippen molar-refractivity contribution in [2.24, 2.45) is 11.1 Å². The highest BCUT2D eigenvalue weighted by molar-refractivity contribution is 7.80. The molecule has 6 heteroatoms. The molecule has 18 heavy (non-hydrogen) atoms. The minimum absolute atomic E-state index is 0.169. The van der Waals surface area contributed by atoms with Gasteiger partial charge in [-0.25, -0.2) is 0 Å². The lowest BCUT2D eigenvalue weighted by Crippen LogP contribution is -2.46. The van der Waals surface area contributed by atoms with E-state index in [1.807, 2.05) is 20.8 Å². The fraction of sp³-hybridized carbons (Fsp3) is 0.583. The Balaban J connectivity index is 2.75. The first-order valence-electron chi connectivity index (χ1n) is 5.82. The summed E-state index contributed by atoms with van der Waals surface area (Å²) in [7, 11) is 0. The summed E-state index contributed by atoms with van der Waals surface area (Å²) in [6.45, 7) is 7.66. The van der Waals surface area contributed by atoms with Gasteiger partial charge < -0.3 is 15.6 Å². The molecule has 1 aromatic heterocycles. The van der Waals surface area contributed by atoms with Gasteiger partial charge in [0.2, 0.25) is 5.91 Å². The summed E-state index contributed by atoms with van der Waals surface area (Å²) in [6, 6.07) is 0. The zero-order chi connectivity index (χ0) is 13.9. The molecule has 0 fully saturated rings. The molecule has 1 unspecified atom stereocenters. The van der Waals surface area contributed by atoms with Crippen LogP contribution in [-0.2, 0) is 11.3 Å². The normalized spacial score (nSPS) is 14.0. The van der Waals surface area contributed by atoms with Crippen molar-refractivity contribution in [2.75, 3.05) is 0 Å². The molecule has 0 saturated heterocycles. The molecule has 3 N–H and O–H groups in total. The van der Waals surface area contributed by atoms with E-state index in [0.29, 0.717) is 18.7 Å². The summed E-state index contributed by atoms with van der Waals surface area (Å²) >= 11 is 4.96. The molecular weight excluding hydrogens is 250 g/mol. The van der Waals surface area contributed by atoms with Gasteiger partial charge >= 0.3 is 0 Å². The topological polar surface area (TPSA) is 81.2 Å². The number of carbonyl (C=O) groups excluding carboxylic acids is 1. The SMILES string of the molecule is CCC(C)(C(=O)NCc1c(C)noc1C)C(N)=S. The van der Waals surface area contributed by atoms with Crippen LogP contribution >= 0.6 is 12.2 Å². The van der Waals surface area contributed by atoms with E-state index < -0.39 is 5.41 Å². The second-order valence-electron chi connectivity index (χ2n) is 4.54. The molecule has 0 aliphatic carbocycles. The predicted octanol–water partition coefficient (Wildman–Crippen LogP) is 1.61. The molecule has 1 heterocycles. The van der Waals surface area contributed by atoms with Gasteiger partial charge in [0, 0.05) is 12.1 Å². The maximum absolute atomic E-state index is 12.1. The molecule has 0 bridgehead atoms. The highest BCUT2D eigenvalue weighted by Gasteiger charge is 2.34. The van der Waals surface area contributed by atoms with Crippen LogP contribution in [0.25, 0.3) is 0 Å². The number of rotatable bonds is 5. The van der Waals surface area contributed by atoms with Crippen LogP contribution in [0.5, 0.6) is 0 Å². The van der Waals surface area contributed by atoms with Crippen LogP contribution < -0.4 is 11.1 Å². The summed E-state index contributed by atoms with van der Waals surface area (Å²) in [5.41, 5.74) is 6.49. The number of nitrogens with zero attached hydrogens (tertiary/aromatic N) is 1. The molecule has 1 rings (SSSR count). The van der Waals surface area contributed by atoms with Crippen LogP contribution in [0.1, 0.15) is 37.3 Å². The standard InChI is InChI=1S/C12H19N3O2S/c1-5-12(4,10(13)18)11(16)14-6-9-7(2)15-17-8(9)3/h5-6H2,1-4H3,(H2,13,18)(H,14,16). The highest BCUT2D eigenvalue weighted by atomic mass is 32.1. The zero-order valence-corrected chi connectivity index (χ0v) is 12.0. The van der Waals surface area contributed by atoms with Crippen molar-refractivity contribution in [1.82, 2.24) is 10.5 Å². The lowest BCUT2D eigenvalue weighted by atomic mass is 9.86. The lowest BCUT2D eigenvalue weighted by Gasteiger charge is -2.25. The molecule has 1 aromatic rings. The first kappa shape index (κ1) is 14.6. The largest absolute Gasteiger partial charge is 0.392 e. The van der Waals surface area contributed by atoms with Crippen LogP contribution in [0, 0.1) is 19.3 Å². The minimum atomic E-state index is -0.811. The number of nitrogens with two attached hydrogens (primary N) is 1. The van der Waals surface area contributed by atoms with E-state index in [0.717, 1.165) is 11.3 Å². The van der Waals surface area contributed by atoms with E-state index in [9.17, 15) is 4.79 Å². The molecule has 0 saturated carbocycles. The molecule has 100 valence electrons. The Morgan fingerprint density at radius 2 is 2.17 bits per heavy atom. The average molecular weight is 269 g/mol. The van der Waals surface area contributed by atoms with E-state index in [2.05, 4.69) is 10.5 Å². The van der Waals surface area contributed by atoms with Crippen molar-refractivity contribution in [2.45, 2.75) is 40.7 Å². The molecule has 5 nitrogen and oxygen atoms in total. The second kappa shape index (κ2) is 5.48. The minimum Gasteiger partial charge on any atom is -0.392 e. The summed E-state index contributed by atoms with van der Waals surface area (Å²) in [5.74, 6) is 0.541. The van der Waals surface area contributed by atoms with Crippen molar-refractivity contribution in [3.05, 3.63) is 17.0 Å². The van der Waals surface area contributed by atoms with Gasteiger partial charge in [-0.15, -0.1) is 0 Å². The molecule has 0 aromatic carbocycles. The van der Waals surface area contributed by atoms with Gasteiger partial charge in [-0.2, -0.15) is 0 Å². The van der Waals surface area contributed by atoms with E-state index in [4.69, 9.17) is 22.5 Å². The summed E-state index contributed by atoms with van der Waals surface area (Å²) in [6.07, 6.45) is 0.565. The van der Waals surface area contributed by atoms with Crippen LogP contribution in [0.4, 0.5) is 0 Å². The van der Waals surface area contributed by atoms with E-state index in [-0.39, 0.29) is 10.9 Å². The van der Waals surface area contributed by atoms with Crippen LogP contribution in [-0.4, -0.2) is 16.1 Å². The maximum Gasteiger partial charge on any atom is 0.233 e. The predicted molar refractivity (Wildman–Crippen MR) is 73.0 cm³/mol. The highest BCUT2D eigenvalue weighted by Crippen LogP contribution is 2.22. The Kier molecular flexibility index (Phi) is 4.45. The van der Waals surface area contributed by atoms with Crippen LogP contribution in [0.2, 0.25) is 0 Å². The quantitative estimate of drug-likeness (QED) is 0.794. The van der Waals surface area contributed by atoms with Gasteiger partial charge in [0.1, 0.15) is 5.76 Å². The van der Waals surface area contributed by atoms with Crippen molar-refractivity contribution >= 4 is 23.1 Å². The Morgan fingerprint density at radius 1 is 1.56 bits per heavy atom. The Bertz CT molecular complexity index is 450. The first-order valence-corrected chi connectivity index (χ1v) is 6.23. The van der Waals surface area contributed by atoms with Crippen LogP contribution in [0.15, 0.2) is 4.52 Å². The third-order valence-corrected chi connectivity index (χ3v) is 3.81. The number of aryl methyl sites for hydroxylation is 2. The van der Waals surface area contributed by atoms with Gasteiger partial charge in [-0.05, 0) is 27.2 Å². The fourth-order valence-corrected chi connectivity index (χ4v) is 1.80. The van der Waals surface area contributed by atoms with Crippen LogP contribution in [0.3, 0.4) is 0 Å². The smallest absolute Gasteiger partial charge is 0.233 e. The summed E-state index contributed by atoms with van der Waals surface area (Å²) in [5, 5.41) is 6.67. The van der Waals surface area contributed by atoms with Crippen molar-refractivity contribution < 1.29 is 9.32 Å². The van der Waals surface area contributed by atoms with Crippen molar-refractivity contribution in [3.8, 4) is 0 Å². The number of thiocarbonyl (C=S) groups is 1. The molecule has 0 aliphatic rings. The van der Waals surface area contributed by atoms with Crippen molar-refractivity contribution in [3.63, 3.8) is 0 Å². The van der Waals surface area contributed by atoms with E-state index in [1.165, 1.54) is 0 Å². The number of carbonyl (C=O) groups is 1. The molecule has 1 atom stereocenters. The second-order valence-corrected chi connectivity index (χ2v) is 4.98. The monoisotopic (exact) mass is 269 g/mol. The Labute approximate surface area is 112 Å². The van der Waals surface area contributed by atoms with E-state index in [1.54, 1.807) is 6.92 Å². The summed E-state index contributed by atoms with van der Waals surface area (Å²) in [4.78, 5) is 12.3. The Morgan fingerprint density at radius 3 is 2.56 bits per heavy atom. The van der Waals surface area contributed by atoms with Gasteiger partial charge in [-0.3, -0.25) is 4.79 Å². The maximum atomic E-state index is 12.1. The van der Waals surface area contributed by atoms with Gasteiger partial charge in [0.25, 0.3) is 0 Å². The van der Waals surface area contributed by atoms with Gasteiger partial charge in [0.05, 0.1) is 16.1 Å². The average Bonchev–Trinajstić information content (AvgIpc) is 2.64. The summed E-state index contributed by atoms with van der Waals surface area (Å²) < 4.78 is 5.04. The lowest BCUT2D eigenvalue weighted by molar-refractivity contribution is -0.127. The van der Waals surface area contributed by atoms with Crippen molar-refractivity contribution in [1.29, 1.82) is 0 Å². The molecule has 0 spiro atoms. The number of nitrogens with one attached hydrogen (secondary N) is 1. The zero-order valence-electron chi connectivity index (χ0n) is 11.2. The number of hydrogen-bond donors (Lipinski definition) is 2. The molecule has 1 amide bonds. The molecular formula is C12H19N3O2S. The van der Waals surface area contributed by atoms with Gasteiger partial charge in [0.15, 0.2) is 0 Å². The third-order valence-electron chi connectivity index (χ3n) is 3.36. The molecule has 0 radical (unpaired) electrons. The van der Waals surface area contributed by atoms with Gasteiger partial charge in [-0.1, -0.05) is 24.3 Å². The van der Waals surface area contributed by atoms with E-state index >= 15 is 0 Å². The Hall–Kier alpha value is -1.43. The first-order chi connectivity index (χ1) is 8.32. The number of hydrogen-bond acceptors (Lipinski definition) is 4. The molecule has 0 aliphatic heterocycles.